The van der Waals surface area contributed by atoms with Crippen LogP contribution in [0.4, 0.5) is 0 Å². The van der Waals surface area contributed by atoms with E-state index in [0.717, 1.165) is 34.6 Å². The summed E-state index contributed by atoms with van der Waals surface area (Å²) < 4.78 is 0. The molecule has 3 rings (SSSR count). The molecule has 7 nitrogen and oxygen atoms in total. The minimum absolute atomic E-state index is 0.275. The van der Waals surface area contributed by atoms with Crippen molar-refractivity contribution in [2.45, 2.75) is 39.0 Å². The first-order valence-electron chi connectivity index (χ1n) is 9.30. The number of amides is 2. The summed E-state index contributed by atoms with van der Waals surface area (Å²) in [6, 6.07) is 8.14. The van der Waals surface area contributed by atoms with Crippen molar-refractivity contribution in [3.05, 3.63) is 47.0 Å². The molecule has 1 fully saturated rings. The van der Waals surface area contributed by atoms with E-state index in [2.05, 4.69) is 0 Å². The van der Waals surface area contributed by atoms with E-state index in [4.69, 9.17) is 5.26 Å². The zero-order valence-corrected chi connectivity index (χ0v) is 16.0. The maximum absolute atomic E-state index is 13.3. The van der Waals surface area contributed by atoms with Gasteiger partial charge in [0.05, 0.1) is 18.2 Å². The van der Waals surface area contributed by atoms with E-state index >= 15 is 0 Å². The molecule has 1 aliphatic heterocycles. The second-order valence-corrected chi connectivity index (χ2v) is 7.41. The average Bonchev–Trinajstić information content (AvgIpc) is 2.74. The van der Waals surface area contributed by atoms with Gasteiger partial charge in [0.25, 0.3) is 0 Å². The van der Waals surface area contributed by atoms with Gasteiger partial charge < -0.3 is 10.0 Å². The molecule has 0 saturated carbocycles. The Kier molecular flexibility index (Phi) is 5.34. The maximum Gasteiger partial charge on any atom is 0.246 e. The molecular weight excluding hydrogens is 358 g/mol. The van der Waals surface area contributed by atoms with E-state index in [1.807, 2.05) is 12.1 Å². The Hall–Kier alpha value is -2.98. The van der Waals surface area contributed by atoms with Gasteiger partial charge in [-0.1, -0.05) is 18.2 Å². The van der Waals surface area contributed by atoms with Crippen LogP contribution in [-0.2, 0) is 9.59 Å². The van der Waals surface area contributed by atoms with Gasteiger partial charge in [-0.05, 0) is 50.3 Å². The van der Waals surface area contributed by atoms with Crippen LogP contribution in [0.15, 0.2) is 35.9 Å². The Morgan fingerprint density at radius 2 is 2.07 bits per heavy atom. The minimum Gasteiger partial charge on any atom is -0.356 e. The Morgan fingerprint density at radius 1 is 1.32 bits per heavy atom. The van der Waals surface area contributed by atoms with Crippen molar-refractivity contribution in [1.82, 2.24) is 9.80 Å². The molecule has 1 aromatic rings. The van der Waals surface area contributed by atoms with Gasteiger partial charge in [-0.25, -0.2) is 0 Å². The summed E-state index contributed by atoms with van der Waals surface area (Å²) in [6.07, 6.45) is 3.77. The molecule has 0 bridgehead atoms. The zero-order valence-electron chi connectivity index (χ0n) is 16.0. The Bertz CT molecular complexity index is 901. The summed E-state index contributed by atoms with van der Waals surface area (Å²) in [7, 11) is 1.43. The number of benzene rings is 1. The van der Waals surface area contributed by atoms with Gasteiger partial charge in [0, 0.05) is 12.6 Å². The molecule has 1 N–H and O–H groups in total. The normalized spacial score (nSPS) is 25.4. The number of aliphatic hydroxyl groups excluding tert-OH is 1. The summed E-state index contributed by atoms with van der Waals surface area (Å²) in [5.41, 5.74) is -0.0575. The average molecular weight is 381 g/mol. The standard InChI is InChI=1S/C21H23N3O4/c1-21(16-9-4-3-5-10-16)18(26)23(2)20(28)24(19(21)27)13-17(25)15-8-6-7-14(11-15)12-22/h6-9,11,20,28H,3-5,10,13H2,1-2H3. The molecule has 1 aliphatic carbocycles. The number of rotatable bonds is 4. The highest BCUT2D eigenvalue weighted by molar-refractivity contribution is 6.11. The molecule has 0 radical (unpaired) electrons. The molecule has 0 spiro atoms. The van der Waals surface area contributed by atoms with E-state index in [-0.39, 0.29) is 12.1 Å². The molecule has 1 heterocycles. The first-order chi connectivity index (χ1) is 13.3. The molecule has 146 valence electrons. The fraction of sp³-hybridized carbons (Fsp3) is 0.429. The quantitative estimate of drug-likeness (QED) is 0.487. The summed E-state index contributed by atoms with van der Waals surface area (Å²) >= 11 is 0. The summed E-state index contributed by atoms with van der Waals surface area (Å²) in [5, 5.41) is 19.5. The molecule has 7 heteroatoms. The molecule has 1 saturated heterocycles. The third-order valence-corrected chi connectivity index (χ3v) is 5.62. The molecule has 0 aromatic heterocycles. The van der Waals surface area contributed by atoms with E-state index in [9.17, 15) is 19.5 Å². The van der Waals surface area contributed by atoms with Crippen molar-refractivity contribution in [3.8, 4) is 6.07 Å². The fourth-order valence-corrected chi connectivity index (χ4v) is 3.88. The van der Waals surface area contributed by atoms with Gasteiger partial charge in [0.2, 0.25) is 18.2 Å². The topological polar surface area (TPSA) is 102 Å². The molecule has 2 aliphatic rings. The fourth-order valence-electron chi connectivity index (χ4n) is 3.88. The van der Waals surface area contributed by atoms with Crippen LogP contribution in [0.25, 0.3) is 0 Å². The van der Waals surface area contributed by atoms with Crippen LogP contribution in [0.1, 0.15) is 48.5 Å². The molecule has 2 atom stereocenters. The first kappa shape index (κ1) is 19.8. The van der Waals surface area contributed by atoms with Crippen molar-refractivity contribution in [1.29, 1.82) is 5.26 Å². The number of nitriles is 1. The number of carbonyl (C=O) groups is 3. The summed E-state index contributed by atoms with van der Waals surface area (Å²) in [6.45, 7) is 1.19. The van der Waals surface area contributed by atoms with Crippen molar-refractivity contribution in [2.75, 3.05) is 13.6 Å². The van der Waals surface area contributed by atoms with Crippen LogP contribution in [0.2, 0.25) is 0 Å². The van der Waals surface area contributed by atoms with Crippen molar-refractivity contribution >= 4 is 17.6 Å². The monoisotopic (exact) mass is 381 g/mol. The van der Waals surface area contributed by atoms with Crippen LogP contribution in [0.3, 0.4) is 0 Å². The molecule has 28 heavy (non-hydrogen) atoms. The second-order valence-electron chi connectivity index (χ2n) is 7.41. The van der Waals surface area contributed by atoms with Crippen LogP contribution >= 0.6 is 0 Å². The van der Waals surface area contributed by atoms with Crippen LogP contribution < -0.4 is 0 Å². The van der Waals surface area contributed by atoms with Gasteiger partial charge in [-0.2, -0.15) is 5.26 Å². The highest BCUT2D eigenvalue weighted by Gasteiger charge is 2.55. The lowest BCUT2D eigenvalue weighted by Gasteiger charge is -2.47. The van der Waals surface area contributed by atoms with Crippen molar-refractivity contribution in [3.63, 3.8) is 0 Å². The van der Waals surface area contributed by atoms with E-state index < -0.39 is 29.4 Å². The maximum atomic E-state index is 13.3. The summed E-state index contributed by atoms with van der Waals surface area (Å²) in [4.78, 5) is 41.0. The van der Waals surface area contributed by atoms with Crippen molar-refractivity contribution in [2.24, 2.45) is 5.41 Å². The Labute approximate surface area is 163 Å². The molecule has 1 aromatic carbocycles. The van der Waals surface area contributed by atoms with Crippen LogP contribution in [0, 0.1) is 16.7 Å². The number of carbonyl (C=O) groups excluding carboxylic acids is 3. The number of ketones is 1. The SMILES string of the molecule is CN1C(=O)C(C)(C2=CCCCC2)C(=O)N(CC(=O)c2cccc(C#N)c2)C1O. The number of hydrogen-bond donors (Lipinski definition) is 1. The lowest BCUT2D eigenvalue weighted by molar-refractivity contribution is -0.190. The Balaban J connectivity index is 1.92. The van der Waals surface area contributed by atoms with Crippen LogP contribution in [0.5, 0.6) is 0 Å². The predicted octanol–water partition coefficient (Wildman–Crippen LogP) is 1.82. The van der Waals surface area contributed by atoms with Crippen molar-refractivity contribution < 1.29 is 19.5 Å². The Morgan fingerprint density at radius 3 is 2.71 bits per heavy atom. The molecule has 2 unspecified atom stereocenters. The lowest BCUT2D eigenvalue weighted by atomic mass is 9.73. The lowest BCUT2D eigenvalue weighted by Crippen LogP contribution is -2.67. The highest BCUT2D eigenvalue weighted by Crippen LogP contribution is 2.40. The van der Waals surface area contributed by atoms with E-state index in [0.29, 0.717) is 12.0 Å². The van der Waals surface area contributed by atoms with Gasteiger partial charge in [-0.15, -0.1) is 0 Å². The van der Waals surface area contributed by atoms with Gasteiger partial charge >= 0.3 is 0 Å². The first-order valence-corrected chi connectivity index (χ1v) is 9.30. The third-order valence-electron chi connectivity index (χ3n) is 5.62. The molecular formula is C21H23N3O4. The highest BCUT2D eigenvalue weighted by atomic mass is 16.3. The number of Topliss-reactive ketones (excluding diaryl/α,β-unsaturated/α-hetero) is 1. The zero-order chi connectivity index (χ0) is 20.5. The van der Waals surface area contributed by atoms with Gasteiger partial charge in [0.15, 0.2) is 5.78 Å². The van der Waals surface area contributed by atoms with E-state index in [1.165, 1.54) is 13.1 Å². The minimum atomic E-state index is -1.51. The third kappa shape index (κ3) is 3.20. The van der Waals surface area contributed by atoms with Gasteiger partial charge in [-0.3, -0.25) is 19.3 Å². The number of nitrogens with zero attached hydrogens (tertiary/aromatic N) is 3. The smallest absolute Gasteiger partial charge is 0.246 e. The van der Waals surface area contributed by atoms with Crippen LogP contribution in [-0.4, -0.2) is 52.4 Å². The van der Waals surface area contributed by atoms with E-state index in [1.54, 1.807) is 25.1 Å². The number of allylic oxidation sites excluding steroid dienone is 1. The second kappa shape index (κ2) is 7.56. The number of aliphatic hydroxyl groups is 1. The summed E-state index contributed by atoms with van der Waals surface area (Å²) in [5.74, 6) is -1.44. The molecule has 2 amide bonds. The predicted molar refractivity (Wildman–Crippen MR) is 101 cm³/mol. The number of hydrogen-bond acceptors (Lipinski definition) is 5. The van der Waals surface area contributed by atoms with Gasteiger partial charge in [0.1, 0.15) is 5.41 Å². The largest absolute Gasteiger partial charge is 0.356 e.